The molecule has 2 aromatic carbocycles. The van der Waals surface area contributed by atoms with Gasteiger partial charge in [-0.05, 0) is 30.2 Å². The molecule has 0 spiro atoms. The van der Waals surface area contributed by atoms with Crippen molar-refractivity contribution < 1.29 is 4.74 Å². The van der Waals surface area contributed by atoms with Crippen molar-refractivity contribution in [2.45, 2.75) is 6.92 Å². The Hall–Kier alpha value is -3.32. The van der Waals surface area contributed by atoms with E-state index < -0.39 is 0 Å². The Morgan fingerprint density at radius 3 is 2.38 bits per heavy atom. The van der Waals surface area contributed by atoms with Crippen LogP contribution in [0.1, 0.15) is 12.5 Å². The number of rotatable bonds is 4. The summed E-state index contributed by atoms with van der Waals surface area (Å²) in [4.78, 5) is 4.19. The molecule has 0 radical (unpaired) electrons. The number of hydrogen-bond acceptors (Lipinski definition) is 4. The maximum Gasteiger partial charge on any atom is 0.141 e. The van der Waals surface area contributed by atoms with Crippen LogP contribution in [0, 0.1) is 11.3 Å². The highest BCUT2D eigenvalue weighted by atomic mass is 16.5. The van der Waals surface area contributed by atoms with Gasteiger partial charge in [-0.25, -0.2) is 4.98 Å². The lowest BCUT2D eigenvalue weighted by molar-refractivity contribution is 0.340. The van der Waals surface area contributed by atoms with E-state index in [1.165, 1.54) is 0 Å². The van der Waals surface area contributed by atoms with E-state index in [1.54, 1.807) is 6.20 Å². The van der Waals surface area contributed by atoms with Crippen molar-refractivity contribution >= 4 is 5.82 Å². The fourth-order valence-electron chi connectivity index (χ4n) is 2.66. The standard InChI is InChI=1S/C20H17N3O/c1-2-24-16-10-8-15(9-11-16)19-17(12-21)20(22)23-13-18(19)14-6-4-3-5-7-14/h3-11,13H,2H2,1H3,(H2,22,23). The maximum absolute atomic E-state index is 9.58. The molecule has 0 saturated carbocycles. The quantitative estimate of drug-likeness (QED) is 0.780. The molecule has 0 aliphatic rings. The van der Waals surface area contributed by atoms with Crippen LogP contribution < -0.4 is 10.5 Å². The normalized spacial score (nSPS) is 10.2. The minimum Gasteiger partial charge on any atom is -0.494 e. The molecule has 0 unspecified atom stereocenters. The van der Waals surface area contributed by atoms with Crippen LogP contribution in [-0.2, 0) is 0 Å². The molecule has 1 heterocycles. The molecule has 0 aliphatic carbocycles. The number of aromatic nitrogens is 1. The summed E-state index contributed by atoms with van der Waals surface area (Å²) in [5.41, 5.74) is 9.89. The van der Waals surface area contributed by atoms with Gasteiger partial charge in [-0.2, -0.15) is 5.26 Å². The zero-order valence-corrected chi connectivity index (χ0v) is 13.4. The fraction of sp³-hybridized carbons (Fsp3) is 0.100. The third-order valence-corrected chi connectivity index (χ3v) is 3.76. The summed E-state index contributed by atoms with van der Waals surface area (Å²) in [5, 5.41) is 9.58. The van der Waals surface area contributed by atoms with E-state index in [4.69, 9.17) is 10.5 Å². The first-order chi connectivity index (χ1) is 11.7. The van der Waals surface area contributed by atoms with Gasteiger partial charge in [0, 0.05) is 17.3 Å². The van der Waals surface area contributed by atoms with E-state index in [2.05, 4.69) is 11.1 Å². The first-order valence-electron chi connectivity index (χ1n) is 7.71. The van der Waals surface area contributed by atoms with Crippen molar-refractivity contribution in [3.8, 4) is 34.1 Å². The molecule has 24 heavy (non-hydrogen) atoms. The minimum atomic E-state index is 0.237. The summed E-state index contributed by atoms with van der Waals surface area (Å²) in [6, 6.07) is 19.7. The highest BCUT2D eigenvalue weighted by molar-refractivity contribution is 5.89. The number of hydrogen-bond donors (Lipinski definition) is 1. The molecule has 0 aliphatic heterocycles. The summed E-state index contributed by atoms with van der Waals surface area (Å²) in [7, 11) is 0. The van der Waals surface area contributed by atoms with Gasteiger partial charge in [-0.15, -0.1) is 0 Å². The van der Waals surface area contributed by atoms with Gasteiger partial charge >= 0.3 is 0 Å². The highest BCUT2D eigenvalue weighted by Gasteiger charge is 2.16. The third-order valence-electron chi connectivity index (χ3n) is 3.76. The smallest absolute Gasteiger partial charge is 0.141 e. The second kappa shape index (κ2) is 6.84. The number of benzene rings is 2. The predicted octanol–water partition coefficient (Wildman–Crippen LogP) is 4.27. The molecule has 0 bridgehead atoms. The second-order valence-electron chi connectivity index (χ2n) is 5.24. The van der Waals surface area contributed by atoms with Gasteiger partial charge in [-0.1, -0.05) is 42.5 Å². The van der Waals surface area contributed by atoms with Crippen LogP contribution >= 0.6 is 0 Å². The highest BCUT2D eigenvalue weighted by Crippen LogP contribution is 2.36. The Bertz CT molecular complexity index is 881. The molecule has 3 aromatic rings. The molecule has 3 rings (SSSR count). The number of nitrogens with two attached hydrogens (primary N) is 1. The van der Waals surface area contributed by atoms with Crippen LogP contribution in [-0.4, -0.2) is 11.6 Å². The summed E-state index contributed by atoms with van der Waals surface area (Å²) in [6.45, 7) is 2.55. The predicted molar refractivity (Wildman–Crippen MR) is 95.4 cm³/mol. The monoisotopic (exact) mass is 315 g/mol. The maximum atomic E-state index is 9.58. The Morgan fingerprint density at radius 1 is 1.04 bits per heavy atom. The molecular weight excluding hydrogens is 298 g/mol. The van der Waals surface area contributed by atoms with Crippen molar-refractivity contribution in [1.29, 1.82) is 5.26 Å². The van der Waals surface area contributed by atoms with Crippen molar-refractivity contribution in [1.82, 2.24) is 4.98 Å². The van der Waals surface area contributed by atoms with Crippen molar-refractivity contribution in [2.24, 2.45) is 0 Å². The topological polar surface area (TPSA) is 71.9 Å². The van der Waals surface area contributed by atoms with Crippen LogP contribution in [0.25, 0.3) is 22.3 Å². The van der Waals surface area contributed by atoms with Crippen molar-refractivity contribution in [3.05, 3.63) is 66.4 Å². The summed E-state index contributed by atoms with van der Waals surface area (Å²) < 4.78 is 5.49. The van der Waals surface area contributed by atoms with Crippen LogP contribution in [0.2, 0.25) is 0 Å². The average molecular weight is 315 g/mol. The lowest BCUT2D eigenvalue weighted by Crippen LogP contribution is -2.00. The lowest BCUT2D eigenvalue weighted by atomic mass is 9.92. The van der Waals surface area contributed by atoms with Crippen molar-refractivity contribution in [3.63, 3.8) is 0 Å². The number of nitriles is 1. The number of nitrogen functional groups attached to an aromatic ring is 1. The van der Waals surface area contributed by atoms with E-state index >= 15 is 0 Å². The molecule has 1 aromatic heterocycles. The second-order valence-corrected chi connectivity index (χ2v) is 5.24. The first-order valence-corrected chi connectivity index (χ1v) is 7.71. The van der Waals surface area contributed by atoms with Gasteiger partial charge in [0.1, 0.15) is 23.2 Å². The van der Waals surface area contributed by atoms with E-state index in [1.807, 2.05) is 61.5 Å². The van der Waals surface area contributed by atoms with E-state index in [-0.39, 0.29) is 5.82 Å². The summed E-state index contributed by atoms with van der Waals surface area (Å²) in [5.74, 6) is 1.03. The molecule has 4 nitrogen and oxygen atoms in total. The average Bonchev–Trinajstić information content (AvgIpc) is 2.63. The largest absolute Gasteiger partial charge is 0.494 e. The lowest BCUT2D eigenvalue weighted by Gasteiger charge is -2.14. The number of pyridine rings is 1. The molecule has 0 fully saturated rings. The number of nitrogens with zero attached hydrogens (tertiary/aromatic N) is 2. The van der Waals surface area contributed by atoms with Gasteiger partial charge in [-0.3, -0.25) is 0 Å². The Labute approximate surface area is 141 Å². The molecule has 0 saturated heterocycles. The summed E-state index contributed by atoms with van der Waals surface area (Å²) >= 11 is 0. The molecule has 4 heteroatoms. The molecule has 0 atom stereocenters. The Kier molecular flexibility index (Phi) is 4.44. The van der Waals surface area contributed by atoms with Gasteiger partial charge in [0.05, 0.1) is 6.61 Å². The van der Waals surface area contributed by atoms with Crippen LogP contribution in [0.5, 0.6) is 5.75 Å². The van der Waals surface area contributed by atoms with E-state index in [0.717, 1.165) is 28.0 Å². The van der Waals surface area contributed by atoms with Crippen LogP contribution in [0.4, 0.5) is 5.82 Å². The Morgan fingerprint density at radius 2 is 1.75 bits per heavy atom. The third kappa shape index (κ3) is 2.92. The minimum absolute atomic E-state index is 0.237. The molecule has 118 valence electrons. The SMILES string of the molecule is CCOc1ccc(-c2c(-c3ccccc3)cnc(N)c2C#N)cc1. The van der Waals surface area contributed by atoms with E-state index in [9.17, 15) is 5.26 Å². The number of anilines is 1. The van der Waals surface area contributed by atoms with E-state index in [0.29, 0.717) is 12.2 Å². The van der Waals surface area contributed by atoms with Gasteiger partial charge in [0.25, 0.3) is 0 Å². The van der Waals surface area contributed by atoms with Crippen LogP contribution in [0.15, 0.2) is 60.8 Å². The molecular formula is C20H17N3O. The zero-order valence-electron chi connectivity index (χ0n) is 13.4. The van der Waals surface area contributed by atoms with Gasteiger partial charge < -0.3 is 10.5 Å². The number of ether oxygens (including phenoxy) is 1. The summed E-state index contributed by atoms with van der Waals surface area (Å²) in [6.07, 6.45) is 1.72. The molecule has 0 amide bonds. The van der Waals surface area contributed by atoms with Crippen molar-refractivity contribution in [2.75, 3.05) is 12.3 Å². The van der Waals surface area contributed by atoms with Gasteiger partial charge in [0.2, 0.25) is 0 Å². The molecule has 2 N–H and O–H groups in total. The zero-order chi connectivity index (χ0) is 16.9. The Balaban J connectivity index is 2.21. The first kappa shape index (κ1) is 15.6. The van der Waals surface area contributed by atoms with Gasteiger partial charge in [0.15, 0.2) is 0 Å². The van der Waals surface area contributed by atoms with Crippen LogP contribution in [0.3, 0.4) is 0 Å². The fourth-order valence-corrected chi connectivity index (χ4v) is 2.66.